The molecule has 1 aliphatic rings. The summed E-state index contributed by atoms with van der Waals surface area (Å²) in [6.07, 6.45) is -6.64. The molecule has 3 atom stereocenters. The van der Waals surface area contributed by atoms with Crippen molar-refractivity contribution in [3.05, 3.63) is 71.8 Å². The lowest BCUT2D eigenvalue weighted by Crippen LogP contribution is -2.56. The fourth-order valence-electron chi connectivity index (χ4n) is 4.05. The van der Waals surface area contributed by atoms with Crippen molar-refractivity contribution in [3.8, 4) is 0 Å². The Hall–Kier alpha value is -3.73. The fourth-order valence-corrected chi connectivity index (χ4v) is 4.05. The van der Waals surface area contributed by atoms with Gasteiger partial charge in [0.25, 0.3) is 11.5 Å². The molecule has 0 aromatic heterocycles. The van der Waals surface area contributed by atoms with Gasteiger partial charge in [-0.05, 0) is 12.0 Å². The maximum Gasteiger partial charge on any atom is 0.432 e. The highest BCUT2D eigenvalue weighted by molar-refractivity contribution is 6.01. The maximum atomic E-state index is 14.3. The van der Waals surface area contributed by atoms with Crippen LogP contribution in [0.15, 0.2) is 60.7 Å². The van der Waals surface area contributed by atoms with Crippen LogP contribution >= 0.6 is 0 Å². The molecule has 2 aromatic carbocycles. The number of carbonyl (C=O) groups excluding carboxylic acids is 4. The summed E-state index contributed by atoms with van der Waals surface area (Å²) >= 11 is 0. The number of likely N-dealkylation sites (tertiary alicyclic amines) is 1. The Morgan fingerprint density at radius 1 is 1.06 bits per heavy atom. The van der Waals surface area contributed by atoms with Crippen LogP contribution in [0.2, 0.25) is 0 Å². The number of halogens is 3. The van der Waals surface area contributed by atoms with Crippen molar-refractivity contribution in [2.75, 3.05) is 13.7 Å². The van der Waals surface area contributed by atoms with E-state index in [1.807, 2.05) is 0 Å². The van der Waals surface area contributed by atoms with Crippen molar-refractivity contribution in [1.82, 2.24) is 10.2 Å². The van der Waals surface area contributed by atoms with Crippen molar-refractivity contribution < 1.29 is 41.8 Å². The Kier molecular flexibility index (Phi) is 8.13. The van der Waals surface area contributed by atoms with Gasteiger partial charge < -0.3 is 14.8 Å². The van der Waals surface area contributed by atoms with Gasteiger partial charge in [0, 0.05) is 26.0 Å². The lowest BCUT2D eigenvalue weighted by molar-refractivity contribution is -0.278. The van der Waals surface area contributed by atoms with Crippen LogP contribution in [0.25, 0.3) is 0 Å². The summed E-state index contributed by atoms with van der Waals surface area (Å²) in [7, 11) is 0.745. The number of nitrogens with one attached hydrogen (secondary N) is 1. The van der Waals surface area contributed by atoms with Gasteiger partial charge in [-0.15, -0.1) is 0 Å². The first kappa shape index (κ1) is 26.9. The van der Waals surface area contributed by atoms with E-state index in [1.54, 1.807) is 18.2 Å². The van der Waals surface area contributed by atoms with Crippen LogP contribution < -0.4 is 5.32 Å². The minimum atomic E-state index is -5.20. The van der Waals surface area contributed by atoms with Crippen molar-refractivity contribution in [3.63, 3.8) is 0 Å². The fraction of sp³-hybridized carbons (Fsp3) is 0.360. The number of ether oxygens (including phenoxy) is 2. The predicted octanol–water partition coefficient (Wildman–Crippen LogP) is 3.03. The number of amides is 3. The van der Waals surface area contributed by atoms with E-state index < -0.39 is 59.7 Å². The minimum Gasteiger partial charge on any atom is -0.453 e. The third-order valence-corrected chi connectivity index (χ3v) is 5.83. The molecule has 192 valence electrons. The van der Waals surface area contributed by atoms with Gasteiger partial charge in [-0.3, -0.25) is 19.3 Å². The molecule has 11 heteroatoms. The maximum absolute atomic E-state index is 14.3. The summed E-state index contributed by atoms with van der Waals surface area (Å²) in [5, 5.41) is 2.45. The van der Waals surface area contributed by atoms with E-state index in [-0.39, 0.29) is 18.4 Å². The lowest BCUT2D eigenvalue weighted by Gasteiger charge is -2.36. The summed E-state index contributed by atoms with van der Waals surface area (Å²) in [6.45, 7) is 0.670. The van der Waals surface area contributed by atoms with Gasteiger partial charge in [0.2, 0.25) is 11.8 Å². The van der Waals surface area contributed by atoms with Crippen molar-refractivity contribution in [2.45, 2.75) is 43.7 Å². The molecule has 36 heavy (non-hydrogen) atoms. The first-order valence-corrected chi connectivity index (χ1v) is 11.1. The molecule has 1 heterocycles. The number of carbonyl (C=O) groups is 4. The topological polar surface area (TPSA) is 102 Å². The zero-order valence-electron chi connectivity index (χ0n) is 19.6. The third-order valence-electron chi connectivity index (χ3n) is 5.83. The minimum absolute atomic E-state index is 0.0818. The second-order valence-electron chi connectivity index (χ2n) is 8.19. The summed E-state index contributed by atoms with van der Waals surface area (Å²) in [6, 6.07) is 13.1. The second-order valence-corrected chi connectivity index (χ2v) is 8.19. The summed E-state index contributed by atoms with van der Waals surface area (Å²) in [5.74, 6) is -3.58. The molecule has 1 N–H and O–H groups in total. The zero-order valence-corrected chi connectivity index (χ0v) is 19.6. The van der Waals surface area contributed by atoms with Crippen LogP contribution in [0.1, 0.15) is 37.0 Å². The summed E-state index contributed by atoms with van der Waals surface area (Å²) in [5.41, 5.74) is -3.68. The zero-order chi connectivity index (χ0) is 26.5. The predicted molar refractivity (Wildman–Crippen MR) is 120 cm³/mol. The van der Waals surface area contributed by atoms with E-state index in [2.05, 4.69) is 5.32 Å². The van der Waals surface area contributed by atoms with Gasteiger partial charge in [-0.25, -0.2) is 4.79 Å². The molecule has 0 saturated carbocycles. The summed E-state index contributed by atoms with van der Waals surface area (Å²) < 4.78 is 53.2. The number of imide groups is 1. The van der Waals surface area contributed by atoms with Crippen molar-refractivity contribution in [1.29, 1.82) is 0 Å². The van der Waals surface area contributed by atoms with E-state index in [0.717, 1.165) is 24.1 Å². The molecule has 1 fully saturated rings. The van der Waals surface area contributed by atoms with Crippen molar-refractivity contribution >= 4 is 23.7 Å². The molecule has 1 saturated heterocycles. The van der Waals surface area contributed by atoms with Crippen LogP contribution in [-0.2, 0) is 34.3 Å². The molecule has 0 spiro atoms. The Labute approximate surface area is 205 Å². The Morgan fingerprint density at radius 3 is 2.17 bits per heavy atom. The normalized spacial score (nSPS) is 18.8. The highest BCUT2D eigenvalue weighted by atomic mass is 19.4. The van der Waals surface area contributed by atoms with Gasteiger partial charge in [-0.2, -0.15) is 13.2 Å². The number of alkyl halides is 3. The monoisotopic (exact) mass is 506 g/mol. The number of rotatable bonds is 8. The molecule has 1 aliphatic heterocycles. The highest BCUT2D eigenvalue weighted by Gasteiger charge is 2.64. The van der Waals surface area contributed by atoms with Gasteiger partial charge in [-0.1, -0.05) is 60.7 Å². The molecular weight excluding hydrogens is 481 g/mol. The van der Waals surface area contributed by atoms with Crippen LogP contribution in [-0.4, -0.2) is 54.5 Å². The lowest BCUT2D eigenvalue weighted by atomic mass is 9.92. The van der Waals surface area contributed by atoms with E-state index in [4.69, 9.17) is 9.47 Å². The molecule has 0 radical (unpaired) electrons. The van der Waals surface area contributed by atoms with Crippen LogP contribution in [0.5, 0.6) is 0 Å². The quantitative estimate of drug-likeness (QED) is 0.436. The molecule has 8 nitrogen and oxygen atoms in total. The van der Waals surface area contributed by atoms with Gasteiger partial charge in [0.1, 0.15) is 12.1 Å². The average Bonchev–Trinajstić information content (AvgIpc) is 2.83. The van der Waals surface area contributed by atoms with Gasteiger partial charge in [0.15, 0.2) is 0 Å². The molecular formula is C25H25F3N2O6. The van der Waals surface area contributed by atoms with Gasteiger partial charge in [0.05, 0.1) is 6.54 Å². The first-order valence-electron chi connectivity index (χ1n) is 11.1. The van der Waals surface area contributed by atoms with Crippen LogP contribution in [0, 0.1) is 0 Å². The SMILES string of the molecule is CO[C@@](C(=O)O[C@H](CN1C(=O)CC[C@H](NC(C)=O)C1=O)c1ccccc1)(c1ccccc1)C(F)(F)F. The average molecular weight is 506 g/mol. The molecule has 0 bridgehead atoms. The Morgan fingerprint density at radius 2 is 1.64 bits per heavy atom. The number of hydrogen-bond acceptors (Lipinski definition) is 6. The number of piperidine rings is 1. The molecule has 0 unspecified atom stereocenters. The number of hydrogen-bond donors (Lipinski definition) is 1. The largest absolute Gasteiger partial charge is 0.453 e. The van der Waals surface area contributed by atoms with Crippen molar-refractivity contribution in [2.24, 2.45) is 0 Å². The van der Waals surface area contributed by atoms with E-state index in [1.165, 1.54) is 37.3 Å². The highest BCUT2D eigenvalue weighted by Crippen LogP contribution is 2.44. The van der Waals surface area contributed by atoms with Crippen LogP contribution in [0.4, 0.5) is 13.2 Å². The number of esters is 1. The second kappa shape index (κ2) is 10.9. The molecule has 0 aliphatic carbocycles. The number of nitrogens with zero attached hydrogens (tertiary/aromatic N) is 1. The van der Waals surface area contributed by atoms with Crippen LogP contribution in [0.3, 0.4) is 0 Å². The van der Waals surface area contributed by atoms with E-state index in [0.29, 0.717) is 0 Å². The standard InChI is InChI=1S/C25H25F3N2O6/c1-16(31)29-19-13-14-21(32)30(22(19)33)15-20(17-9-5-3-6-10-17)36-23(34)24(35-2,25(26,27)28)18-11-7-4-8-12-18/h3-12,19-20H,13-15H2,1-2H3,(H,29,31)/t19-,20+,24+/m0/s1. The Balaban J connectivity index is 1.98. The summed E-state index contributed by atoms with van der Waals surface area (Å²) in [4.78, 5) is 50.9. The Bertz CT molecular complexity index is 1110. The molecule has 3 rings (SSSR count). The van der Waals surface area contributed by atoms with Gasteiger partial charge >= 0.3 is 12.1 Å². The third kappa shape index (κ3) is 5.40. The molecule has 2 aromatic rings. The first-order chi connectivity index (χ1) is 17.0. The molecule has 3 amide bonds. The van der Waals surface area contributed by atoms with E-state index >= 15 is 0 Å². The smallest absolute Gasteiger partial charge is 0.432 e. The van der Waals surface area contributed by atoms with E-state index in [9.17, 15) is 32.3 Å². The number of methoxy groups -OCH3 is 1. The number of benzene rings is 2.